The molecule has 1 aliphatic heterocycles. The van der Waals surface area contributed by atoms with Gasteiger partial charge in [0, 0.05) is 18.1 Å². The number of amides is 1. The third-order valence-electron chi connectivity index (χ3n) is 8.29. The summed E-state index contributed by atoms with van der Waals surface area (Å²) in [5.41, 5.74) is 3.42. The molecule has 0 unspecified atom stereocenters. The lowest BCUT2D eigenvalue weighted by atomic mass is 9.94. The molecule has 0 aliphatic carbocycles. The Morgan fingerprint density at radius 3 is 2.51 bits per heavy atom. The van der Waals surface area contributed by atoms with Crippen molar-refractivity contribution in [3.63, 3.8) is 0 Å². The summed E-state index contributed by atoms with van der Waals surface area (Å²) in [5.74, 6) is 0.954. The molecule has 1 aliphatic rings. The number of aromatic nitrogens is 1. The largest absolute Gasteiger partial charge is 0.493 e. The van der Waals surface area contributed by atoms with E-state index >= 15 is 0 Å². The molecular formula is C37H33BrClN3O4S. The second-order valence-electron chi connectivity index (χ2n) is 11.1. The van der Waals surface area contributed by atoms with Crippen molar-refractivity contribution in [3.05, 3.63) is 136 Å². The zero-order valence-electron chi connectivity index (χ0n) is 26.4. The molecule has 10 heteroatoms. The standard InChI is InChI=1S/C37H33BrClN3O4S/c1-5-41(6-2)36(44)32-22(3)40-37-42(33(32)25-14-16-27(39)17-15-25)35(43)31(47-37)20-23-18-29(38)34(30(19-23)45-4)46-21-26-12-9-11-24-10-7-8-13-28(24)26/h7-20,33H,5-6,21H2,1-4H3/b31-20+/t33-/m0/s1. The number of likely N-dealkylation sites (N-methyl/N-ethyl adjacent to an activating group) is 1. The molecule has 0 saturated heterocycles. The Morgan fingerprint density at radius 2 is 1.79 bits per heavy atom. The zero-order valence-corrected chi connectivity index (χ0v) is 29.6. The monoisotopic (exact) mass is 729 g/mol. The predicted molar refractivity (Wildman–Crippen MR) is 192 cm³/mol. The van der Waals surface area contributed by atoms with Crippen molar-refractivity contribution in [2.24, 2.45) is 4.99 Å². The fraction of sp³-hybridized carbons (Fsp3) is 0.216. The molecule has 5 aromatic rings. The first kappa shape index (κ1) is 32.7. The Balaban J connectivity index is 1.40. The minimum absolute atomic E-state index is 0.141. The van der Waals surface area contributed by atoms with Gasteiger partial charge in [0.1, 0.15) is 6.61 Å². The molecule has 0 fully saturated rings. The first-order valence-corrected chi connectivity index (χ1v) is 17.3. The number of methoxy groups -OCH3 is 1. The summed E-state index contributed by atoms with van der Waals surface area (Å²) in [6.45, 7) is 7.15. The molecule has 1 atom stereocenters. The number of allylic oxidation sites excluding steroid dienone is 1. The van der Waals surface area contributed by atoms with Gasteiger partial charge in [-0.05, 0) is 94.5 Å². The highest BCUT2D eigenvalue weighted by Gasteiger charge is 2.34. The van der Waals surface area contributed by atoms with Crippen molar-refractivity contribution in [3.8, 4) is 11.5 Å². The maximum absolute atomic E-state index is 14.2. The quantitative estimate of drug-likeness (QED) is 0.160. The maximum atomic E-state index is 14.2. The Morgan fingerprint density at radius 1 is 1.06 bits per heavy atom. The van der Waals surface area contributed by atoms with Crippen LogP contribution in [0.15, 0.2) is 104 Å². The SMILES string of the molecule is CCN(CC)C(=O)C1=C(C)N=c2s/c(=C/c3cc(Br)c(OCc4cccc5ccccc45)c(OC)c3)c(=O)n2[C@H]1c1ccc(Cl)cc1. The van der Waals surface area contributed by atoms with Gasteiger partial charge >= 0.3 is 0 Å². The number of carbonyl (C=O) groups is 1. The molecule has 7 nitrogen and oxygen atoms in total. The summed E-state index contributed by atoms with van der Waals surface area (Å²) in [6, 6.07) is 24.7. The molecule has 6 rings (SSSR count). The number of hydrogen-bond acceptors (Lipinski definition) is 6. The van der Waals surface area contributed by atoms with Crippen LogP contribution in [0.4, 0.5) is 0 Å². The molecule has 1 aromatic heterocycles. The van der Waals surface area contributed by atoms with Crippen LogP contribution in [0.3, 0.4) is 0 Å². The molecule has 4 aromatic carbocycles. The van der Waals surface area contributed by atoms with Crippen LogP contribution in [0.25, 0.3) is 16.8 Å². The lowest BCUT2D eigenvalue weighted by molar-refractivity contribution is -0.127. The molecule has 2 heterocycles. The van der Waals surface area contributed by atoms with Crippen LogP contribution in [0, 0.1) is 0 Å². The number of benzene rings is 4. The molecule has 0 spiro atoms. The number of carbonyl (C=O) groups excluding carboxylic acids is 1. The van der Waals surface area contributed by atoms with Gasteiger partial charge in [0.25, 0.3) is 11.5 Å². The van der Waals surface area contributed by atoms with Crippen molar-refractivity contribution in [1.82, 2.24) is 9.47 Å². The molecule has 1 amide bonds. The van der Waals surface area contributed by atoms with E-state index in [-0.39, 0.29) is 11.5 Å². The van der Waals surface area contributed by atoms with Crippen molar-refractivity contribution in [2.45, 2.75) is 33.4 Å². The molecule has 0 N–H and O–H groups in total. The molecule has 47 heavy (non-hydrogen) atoms. The van der Waals surface area contributed by atoms with Gasteiger partial charge in [-0.2, -0.15) is 0 Å². The fourth-order valence-electron chi connectivity index (χ4n) is 5.92. The number of halogens is 2. The zero-order chi connectivity index (χ0) is 33.2. The van der Waals surface area contributed by atoms with Gasteiger partial charge in [-0.25, -0.2) is 4.99 Å². The van der Waals surface area contributed by atoms with Crippen molar-refractivity contribution < 1.29 is 14.3 Å². The van der Waals surface area contributed by atoms with E-state index in [4.69, 9.17) is 26.1 Å². The van der Waals surface area contributed by atoms with Crippen molar-refractivity contribution in [2.75, 3.05) is 20.2 Å². The summed E-state index contributed by atoms with van der Waals surface area (Å²) >= 11 is 11.2. The number of hydrogen-bond donors (Lipinski definition) is 0. The van der Waals surface area contributed by atoms with Gasteiger partial charge in [0.15, 0.2) is 16.3 Å². The maximum Gasteiger partial charge on any atom is 0.271 e. The van der Waals surface area contributed by atoms with E-state index in [1.807, 2.05) is 69.3 Å². The molecule has 0 bridgehead atoms. The minimum atomic E-state index is -0.648. The summed E-state index contributed by atoms with van der Waals surface area (Å²) in [6.07, 6.45) is 1.82. The van der Waals surface area contributed by atoms with E-state index in [9.17, 15) is 9.59 Å². The van der Waals surface area contributed by atoms with Crippen molar-refractivity contribution in [1.29, 1.82) is 0 Å². The average molecular weight is 731 g/mol. The summed E-state index contributed by atoms with van der Waals surface area (Å²) in [4.78, 5) is 35.0. The van der Waals surface area contributed by atoms with Crippen molar-refractivity contribution >= 4 is 61.6 Å². The summed E-state index contributed by atoms with van der Waals surface area (Å²) in [7, 11) is 1.59. The van der Waals surface area contributed by atoms with E-state index < -0.39 is 6.04 Å². The van der Waals surface area contributed by atoms with E-state index in [1.165, 1.54) is 11.3 Å². The highest BCUT2D eigenvalue weighted by Crippen LogP contribution is 2.38. The molecular weight excluding hydrogens is 698 g/mol. The smallest absolute Gasteiger partial charge is 0.271 e. The van der Waals surface area contributed by atoms with Crippen LogP contribution in [0.1, 0.15) is 43.5 Å². The lowest BCUT2D eigenvalue weighted by Crippen LogP contribution is -2.43. The van der Waals surface area contributed by atoms with Crippen LogP contribution in [-0.4, -0.2) is 35.6 Å². The Bertz CT molecular complexity index is 2200. The van der Waals surface area contributed by atoms with Crippen LogP contribution in [0.2, 0.25) is 5.02 Å². The van der Waals surface area contributed by atoms with E-state index in [0.717, 1.165) is 27.5 Å². The minimum Gasteiger partial charge on any atom is -0.493 e. The third-order valence-corrected chi connectivity index (χ3v) is 10.1. The van der Waals surface area contributed by atoms with E-state index in [2.05, 4.69) is 40.2 Å². The number of fused-ring (bicyclic) bond motifs is 2. The van der Waals surface area contributed by atoms with Gasteiger partial charge in [0.05, 0.1) is 33.4 Å². The Labute approximate surface area is 290 Å². The third kappa shape index (κ3) is 6.40. The van der Waals surface area contributed by atoms with Gasteiger partial charge < -0.3 is 14.4 Å². The molecule has 0 saturated carbocycles. The predicted octanol–water partition coefficient (Wildman–Crippen LogP) is 7.26. The lowest BCUT2D eigenvalue weighted by Gasteiger charge is -2.29. The van der Waals surface area contributed by atoms with Gasteiger partial charge in [0.2, 0.25) is 0 Å². The highest BCUT2D eigenvalue weighted by atomic mass is 79.9. The van der Waals surface area contributed by atoms with Crippen LogP contribution in [0.5, 0.6) is 11.5 Å². The second-order valence-corrected chi connectivity index (χ2v) is 13.4. The van der Waals surface area contributed by atoms with Gasteiger partial charge in [-0.15, -0.1) is 0 Å². The summed E-state index contributed by atoms with van der Waals surface area (Å²) in [5, 5.41) is 2.85. The van der Waals surface area contributed by atoms with Crippen LogP contribution in [-0.2, 0) is 11.4 Å². The first-order valence-electron chi connectivity index (χ1n) is 15.3. The molecule has 240 valence electrons. The topological polar surface area (TPSA) is 73.1 Å². The fourth-order valence-corrected chi connectivity index (χ4v) is 7.67. The number of nitrogens with zero attached hydrogens (tertiary/aromatic N) is 3. The normalized spacial score (nSPS) is 14.6. The first-order chi connectivity index (χ1) is 22.7. The highest BCUT2D eigenvalue weighted by molar-refractivity contribution is 9.10. The van der Waals surface area contributed by atoms with Crippen LogP contribution < -0.4 is 24.4 Å². The average Bonchev–Trinajstić information content (AvgIpc) is 3.37. The van der Waals surface area contributed by atoms with Crippen LogP contribution >= 0.6 is 38.9 Å². The second kappa shape index (κ2) is 13.9. The number of ether oxygens (including phenoxy) is 2. The van der Waals surface area contributed by atoms with E-state index in [1.54, 1.807) is 28.7 Å². The van der Waals surface area contributed by atoms with Gasteiger partial charge in [-0.1, -0.05) is 77.5 Å². The number of rotatable bonds is 9. The molecule has 0 radical (unpaired) electrons. The number of thiazole rings is 1. The van der Waals surface area contributed by atoms with E-state index in [0.29, 0.717) is 61.3 Å². The Kier molecular flexibility index (Phi) is 9.68. The van der Waals surface area contributed by atoms with Gasteiger partial charge in [-0.3, -0.25) is 14.2 Å². The Hall–Kier alpha value is -4.18. The summed E-state index contributed by atoms with van der Waals surface area (Å²) < 4.78 is 14.8.